The zero-order chi connectivity index (χ0) is 17.8. The van der Waals surface area contributed by atoms with Gasteiger partial charge in [-0.1, -0.05) is 24.6 Å². The van der Waals surface area contributed by atoms with Crippen LogP contribution in [0.2, 0.25) is 0 Å². The highest BCUT2D eigenvalue weighted by atomic mass is 35.5. The van der Waals surface area contributed by atoms with Gasteiger partial charge in [-0.3, -0.25) is 9.69 Å². The van der Waals surface area contributed by atoms with Crippen molar-refractivity contribution < 1.29 is 9.32 Å². The number of carbonyl (C=O) groups excluding carboxylic acids is 1. The summed E-state index contributed by atoms with van der Waals surface area (Å²) in [6.45, 7) is 7.04. The minimum atomic E-state index is -0.377. The lowest BCUT2D eigenvalue weighted by Gasteiger charge is -2.37. The van der Waals surface area contributed by atoms with E-state index in [2.05, 4.69) is 22.0 Å². The molecular weight excluding hydrogens is 374 g/mol. The summed E-state index contributed by atoms with van der Waals surface area (Å²) >= 11 is 1.59. The zero-order valence-electron chi connectivity index (χ0n) is 15.1. The van der Waals surface area contributed by atoms with Crippen LogP contribution < -0.4 is 5.73 Å². The van der Waals surface area contributed by atoms with Crippen LogP contribution in [-0.4, -0.2) is 58.1 Å². The molecule has 0 spiro atoms. The fraction of sp³-hybridized carbons (Fsp3) is 0.588. The summed E-state index contributed by atoms with van der Waals surface area (Å²) in [6.07, 6.45) is 1.66. The second-order valence-electron chi connectivity index (χ2n) is 6.37. The minimum Gasteiger partial charge on any atom is -0.339 e. The highest BCUT2D eigenvalue weighted by Gasteiger charge is 2.29. The number of halogens is 1. The second kappa shape index (κ2) is 9.45. The Morgan fingerprint density at radius 1 is 1.38 bits per heavy atom. The molecule has 1 amide bonds. The summed E-state index contributed by atoms with van der Waals surface area (Å²) in [5, 5.41) is 6.07. The maximum absolute atomic E-state index is 12.3. The normalized spacial score (nSPS) is 17.6. The number of rotatable bonds is 6. The maximum atomic E-state index is 12.3. The van der Waals surface area contributed by atoms with E-state index >= 15 is 0 Å². The molecule has 3 heterocycles. The molecule has 2 unspecified atom stereocenters. The van der Waals surface area contributed by atoms with Crippen LogP contribution in [0.1, 0.15) is 38.6 Å². The van der Waals surface area contributed by atoms with E-state index in [-0.39, 0.29) is 30.4 Å². The Morgan fingerprint density at radius 2 is 2.12 bits per heavy atom. The molecule has 0 bridgehead atoms. The first-order valence-electron chi connectivity index (χ1n) is 8.76. The Bertz CT molecular complexity index is 685. The molecule has 0 aromatic carbocycles. The van der Waals surface area contributed by atoms with Gasteiger partial charge in [0.25, 0.3) is 0 Å². The third-order valence-corrected chi connectivity index (χ3v) is 5.50. The van der Waals surface area contributed by atoms with Crippen molar-refractivity contribution in [2.24, 2.45) is 5.73 Å². The van der Waals surface area contributed by atoms with E-state index in [9.17, 15) is 4.79 Å². The molecule has 1 aliphatic heterocycles. The number of nitrogens with two attached hydrogens (primary N) is 1. The van der Waals surface area contributed by atoms with Crippen LogP contribution in [0.3, 0.4) is 0 Å². The number of nitrogens with zero attached hydrogens (tertiary/aromatic N) is 4. The summed E-state index contributed by atoms with van der Waals surface area (Å²) in [7, 11) is 0. The monoisotopic (exact) mass is 399 g/mol. The lowest BCUT2D eigenvalue weighted by atomic mass is 10.1. The largest absolute Gasteiger partial charge is 0.339 e. The van der Waals surface area contributed by atoms with Crippen molar-refractivity contribution >= 4 is 29.7 Å². The van der Waals surface area contributed by atoms with Gasteiger partial charge in [0, 0.05) is 26.2 Å². The smallest absolute Gasteiger partial charge is 0.244 e. The van der Waals surface area contributed by atoms with Crippen molar-refractivity contribution in [2.45, 2.75) is 38.8 Å². The van der Waals surface area contributed by atoms with Crippen LogP contribution in [0.5, 0.6) is 0 Å². The fourth-order valence-corrected chi connectivity index (χ4v) is 3.71. The van der Waals surface area contributed by atoms with E-state index < -0.39 is 0 Å². The highest BCUT2D eigenvalue weighted by Crippen LogP contribution is 2.25. The van der Waals surface area contributed by atoms with Crippen LogP contribution in [0.4, 0.5) is 0 Å². The average Bonchev–Trinajstić information content (AvgIpc) is 3.32. The van der Waals surface area contributed by atoms with Crippen LogP contribution in [0, 0.1) is 0 Å². The summed E-state index contributed by atoms with van der Waals surface area (Å²) in [5.74, 6) is 1.31. The van der Waals surface area contributed by atoms with E-state index in [0.29, 0.717) is 24.8 Å². The molecule has 0 aliphatic carbocycles. The van der Waals surface area contributed by atoms with Crippen molar-refractivity contribution in [3.05, 3.63) is 23.4 Å². The number of thiophene rings is 1. The molecule has 7 nitrogen and oxygen atoms in total. The SMILES string of the molecule is CCCC(N)C(=O)N1CCN(C(C)c2nc(-c3cccs3)no2)CC1.Cl. The lowest BCUT2D eigenvalue weighted by Crippen LogP contribution is -2.53. The second-order valence-corrected chi connectivity index (χ2v) is 7.31. The Labute approximate surface area is 163 Å². The summed E-state index contributed by atoms with van der Waals surface area (Å²) < 4.78 is 5.45. The first-order chi connectivity index (χ1) is 12.1. The summed E-state index contributed by atoms with van der Waals surface area (Å²) in [5.41, 5.74) is 5.96. The van der Waals surface area contributed by atoms with Crippen molar-refractivity contribution in [3.8, 4) is 10.7 Å². The lowest BCUT2D eigenvalue weighted by molar-refractivity contribution is -0.134. The molecule has 3 rings (SSSR count). The molecule has 2 N–H and O–H groups in total. The van der Waals surface area contributed by atoms with Gasteiger partial charge in [0.15, 0.2) is 0 Å². The van der Waals surface area contributed by atoms with Crippen LogP contribution in [0.15, 0.2) is 22.0 Å². The molecule has 1 aliphatic rings. The van der Waals surface area contributed by atoms with Gasteiger partial charge in [0.2, 0.25) is 17.6 Å². The standard InChI is InChI=1S/C17H25N5O2S.ClH/c1-3-5-13(18)17(23)22-9-7-21(8-10-22)12(2)16-19-15(20-24-16)14-6-4-11-25-14;/h4,6,11-13H,3,5,7-10,18H2,1-2H3;1H. The fourth-order valence-electron chi connectivity index (χ4n) is 3.07. The number of hydrogen-bond acceptors (Lipinski definition) is 7. The number of aromatic nitrogens is 2. The first-order valence-corrected chi connectivity index (χ1v) is 9.64. The molecule has 2 atom stereocenters. The van der Waals surface area contributed by atoms with E-state index in [1.165, 1.54) is 0 Å². The van der Waals surface area contributed by atoms with E-state index in [0.717, 1.165) is 30.8 Å². The topological polar surface area (TPSA) is 88.5 Å². The molecule has 0 saturated carbocycles. The molecule has 26 heavy (non-hydrogen) atoms. The third kappa shape index (κ3) is 4.62. The predicted molar refractivity (Wildman–Crippen MR) is 104 cm³/mol. The van der Waals surface area contributed by atoms with Crippen molar-refractivity contribution in [1.29, 1.82) is 0 Å². The van der Waals surface area contributed by atoms with E-state index in [1.54, 1.807) is 11.3 Å². The van der Waals surface area contributed by atoms with Gasteiger partial charge in [0.1, 0.15) is 0 Å². The molecular formula is C17H26ClN5O2S. The third-order valence-electron chi connectivity index (χ3n) is 4.63. The van der Waals surface area contributed by atoms with Crippen molar-refractivity contribution in [3.63, 3.8) is 0 Å². The molecule has 2 aromatic rings. The summed E-state index contributed by atoms with van der Waals surface area (Å²) in [6, 6.07) is 3.60. The van der Waals surface area contributed by atoms with Gasteiger partial charge in [-0.05, 0) is 24.8 Å². The van der Waals surface area contributed by atoms with Crippen molar-refractivity contribution in [1.82, 2.24) is 19.9 Å². The van der Waals surface area contributed by atoms with Gasteiger partial charge in [-0.15, -0.1) is 23.7 Å². The van der Waals surface area contributed by atoms with Gasteiger partial charge in [0.05, 0.1) is 17.0 Å². The summed E-state index contributed by atoms with van der Waals surface area (Å²) in [4.78, 5) is 22.0. The molecule has 144 valence electrons. The quantitative estimate of drug-likeness (QED) is 0.802. The molecule has 9 heteroatoms. The molecule has 1 saturated heterocycles. The zero-order valence-corrected chi connectivity index (χ0v) is 16.8. The molecule has 0 radical (unpaired) electrons. The number of piperazine rings is 1. The van der Waals surface area contributed by atoms with Crippen LogP contribution >= 0.6 is 23.7 Å². The average molecular weight is 400 g/mol. The molecule has 2 aromatic heterocycles. The Morgan fingerprint density at radius 3 is 2.73 bits per heavy atom. The Balaban J connectivity index is 0.00000243. The van der Waals surface area contributed by atoms with E-state index in [4.69, 9.17) is 10.3 Å². The van der Waals surface area contributed by atoms with Crippen LogP contribution in [0.25, 0.3) is 10.7 Å². The van der Waals surface area contributed by atoms with Gasteiger partial charge < -0.3 is 15.2 Å². The minimum absolute atomic E-state index is 0. The predicted octanol–water partition coefficient (Wildman–Crippen LogP) is 2.55. The van der Waals surface area contributed by atoms with Gasteiger partial charge in [-0.2, -0.15) is 4.98 Å². The van der Waals surface area contributed by atoms with Gasteiger partial charge >= 0.3 is 0 Å². The van der Waals surface area contributed by atoms with Gasteiger partial charge in [-0.25, -0.2) is 0 Å². The maximum Gasteiger partial charge on any atom is 0.244 e. The Hall–Kier alpha value is -1.48. The first kappa shape index (κ1) is 20.8. The molecule has 1 fully saturated rings. The number of amides is 1. The number of hydrogen-bond donors (Lipinski definition) is 1. The van der Waals surface area contributed by atoms with E-state index in [1.807, 2.05) is 29.3 Å². The van der Waals surface area contributed by atoms with Crippen LogP contribution in [-0.2, 0) is 4.79 Å². The number of carbonyl (C=O) groups is 1. The highest BCUT2D eigenvalue weighted by molar-refractivity contribution is 7.13. The Kier molecular flexibility index (Phi) is 7.57. The van der Waals surface area contributed by atoms with Crippen molar-refractivity contribution in [2.75, 3.05) is 26.2 Å².